The Morgan fingerprint density at radius 3 is 2.43 bits per heavy atom. The largest absolute Gasteiger partial charge is 0.397 e. The monoisotopic (exact) mass is 328 g/mol. The van der Waals surface area contributed by atoms with Crippen LogP contribution in [0.15, 0.2) is 35.2 Å². The molecule has 2 rings (SSSR count). The maximum atomic E-state index is 13.2. The number of nitrogen functional groups attached to an aromatic ring is 1. The lowest BCUT2D eigenvalue weighted by Crippen LogP contribution is -2.15. The first-order chi connectivity index (χ1) is 9.70. The van der Waals surface area contributed by atoms with Crippen molar-refractivity contribution in [3.8, 4) is 0 Å². The number of halogens is 2. The van der Waals surface area contributed by atoms with Crippen LogP contribution in [0.5, 0.6) is 0 Å². The molecular formula is C14H14ClFN2O2S. The number of hydrogen-bond donors (Lipinski definition) is 2. The average molecular weight is 329 g/mol. The van der Waals surface area contributed by atoms with Crippen LogP contribution in [0.1, 0.15) is 11.1 Å². The van der Waals surface area contributed by atoms with E-state index in [4.69, 9.17) is 17.3 Å². The number of benzene rings is 2. The zero-order chi connectivity index (χ0) is 15.8. The molecule has 0 aliphatic rings. The van der Waals surface area contributed by atoms with E-state index in [1.807, 2.05) is 13.8 Å². The Morgan fingerprint density at radius 2 is 1.76 bits per heavy atom. The van der Waals surface area contributed by atoms with Gasteiger partial charge in [0, 0.05) is 0 Å². The van der Waals surface area contributed by atoms with E-state index < -0.39 is 15.8 Å². The zero-order valence-electron chi connectivity index (χ0n) is 11.4. The molecule has 0 heterocycles. The summed E-state index contributed by atoms with van der Waals surface area (Å²) in [6.07, 6.45) is 0. The maximum absolute atomic E-state index is 13.2. The molecule has 2 aromatic carbocycles. The Labute approximate surface area is 127 Å². The standard InChI is InChI=1S/C14H14ClFN2O2S/c1-8-5-12(17)13(6-9(8)2)18-21(19,20)14-7-10(16)3-4-11(14)15/h3-7,18H,17H2,1-2H3. The van der Waals surface area contributed by atoms with Gasteiger partial charge in [0.1, 0.15) is 10.7 Å². The van der Waals surface area contributed by atoms with Crippen LogP contribution in [-0.2, 0) is 10.0 Å². The number of anilines is 2. The van der Waals surface area contributed by atoms with Crippen molar-refractivity contribution in [1.29, 1.82) is 0 Å². The zero-order valence-corrected chi connectivity index (χ0v) is 13.0. The van der Waals surface area contributed by atoms with E-state index in [-0.39, 0.29) is 21.3 Å². The van der Waals surface area contributed by atoms with Crippen LogP contribution in [0.4, 0.5) is 15.8 Å². The van der Waals surface area contributed by atoms with Gasteiger partial charge < -0.3 is 5.73 Å². The summed E-state index contributed by atoms with van der Waals surface area (Å²) in [5.74, 6) is -0.687. The molecular weight excluding hydrogens is 315 g/mol. The summed E-state index contributed by atoms with van der Waals surface area (Å²) in [6.45, 7) is 3.70. The van der Waals surface area contributed by atoms with Gasteiger partial charge in [0.25, 0.3) is 10.0 Å². The van der Waals surface area contributed by atoms with E-state index in [9.17, 15) is 12.8 Å². The third-order valence-electron chi connectivity index (χ3n) is 3.09. The molecule has 0 amide bonds. The van der Waals surface area contributed by atoms with Crippen LogP contribution in [-0.4, -0.2) is 8.42 Å². The van der Waals surface area contributed by atoms with Gasteiger partial charge in [0.2, 0.25) is 0 Å². The van der Waals surface area contributed by atoms with Crippen molar-refractivity contribution in [2.24, 2.45) is 0 Å². The molecule has 0 spiro atoms. The second kappa shape index (κ2) is 5.54. The minimum Gasteiger partial charge on any atom is -0.397 e. The van der Waals surface area contributed by atoms with Crippen molar-refractivity contribution in [2.45, 2.75) is 18.7 Å². The van der Waals surface area contributed by atoms with E-state index in [0.29, 0.717) is 0 Å². The van der Waals surface area contributed by atoms with Gasteiger partial charge in [-0.3, -0.25) is 4.72 Å². The Kier molecular flexibility index (Phi) is 4.11. The molecule has 21 heavy (non-hydrogen) atoms. The van der Waals surface area contributed by atoms with Crippen LogP contribution < -0.4 is 10.5 Å². The fourth-order valence-corrected chi connectivity index (χ4v) is 3.40. The molecule has 2 aromatic rings. The summed E-state index contributed by atoms with van der Waals surface area (Å²) in [7, 11) is -4.02. The van der Waals surface area contributed by atoms with Crippen molar-refractivity contribution in [3.63, 3.8) is 0 Å². The van der Waals surface area contributed by atoms with Gasteiger partial charge in [0.05, 0.1) is 16.4 Å². The normalized spacial score (nSPS) is 11.4. The molecule has 0 unspecified atom stereocenters. The van der Waals surface area contributed by atoms with E-state index in [1.54, 1.807) is 12.1 Å². The van der Waals surface area contributed by atoms with Gasteiger partial charge in [-0.05, 0) is 55.3 Å². The van der Waals surface area contributed by atoms with Crippen molar-refractivity contribution in [2.75, 3.05) is 10.5 Å². The van der Waals surface area contributed by atoms with Crippen molar-refractivity contribution in [3.05, 3.63) is 52.3 Å². The fraction of sp³-hybridized carbons (Fsp3) is 0.143. The molecule has 4 nitrogen and oxygen atoms in total. The molecule has 0 fully saturated rings. The number of nitrogens with one attached hydrogen (secondary N) is 1. The molecule has 0 radical (unpaired) electrons. The van der Waals surface area contributed by atoms with Crippen LogP contribution in [0.2, 0.25) is 5.02 Å². The minimum absolute atomic E-state index is 0.0636. The minimum atomic E-state index is -4.02. The molecule has 0 aromatic heterocycles. The summed E-state index contributed by atoms with van der Waals surface area (Å²) >= 11 is 5.83. The summed E-state index contributed by atoms with van der Waals surface area (Å²) in [5, 5.41) is -0.0636. The highest BCUT2D eigenvalue weighted by molar-refractivity contribution is 7.92. The van der Waals surface area contributed by atoms with E-state index >= 15 is 0 Å². The molecule has 0 saturated heterocycles. The molecule has 0 aliphatic heterocycles. The third kappa shape index (κ3) is 3.28. The second-order valence-corrected chi connectivity index (χ2v) is 6.76. The van der Waals surface area contributed by atoms with Gasteiger partial charge in [-0.2, -0.15) is 0 Å². The van der Waals surface area contributed by atoms with Gasteiger partial charge >= 0.3 is 0 Å². The Balaban J connectivity index is 2.47. The number of nitrogens with two attached hydrogens (primary N) is 1. The summed E-state index contributed by atoms with van der Waals surface area (Å²) < 4.78 is 40.2. The Morgan fingerprint density at radius 1 is 1.14 bits per heavy atom. The number of hydrogen-bond acceptors (Lipinski definition) is 3. The third-order valence-corrected chi connectivity index (χ3v) is 4.94. The Bertz CT molecular complexity index is 807. The highest BCUT2D eigenvalue weighted by Crippen LogP contribution is 2.28. The predicted molar refractivity (Wildman–Crippen MR) is 82.5 cm³/mol. The maximum Gasteiger partial charge on any atom is 0.263 e. The van der Waals surface area contributed by atoms with E-state index in [2.05, 4.69) is 4.72 Å². The molecule has 3 N–H and O–H groups in total. The van der Waals surface area contributed by atoms with Gasteiger partial charge in [0.15, 0.2) is 0 Å². The van der Waals surface area contributed by atoms with Gasteiger partial charge in [-0.1, -0.05) is 11.6 Å². The topological polar surface area (TPSA) is 72.2 Å². The summed E-state index contributed by atoms with van der Waals surface area (Å²) in [6, 6.07) is 6.43. The SMILES string of the molecule is Cc1cc(N)c(NS(=O)(=O)c2cc(F)ccc2Cl)cc1C. The highest BCUT2D eigenvalue weighted by atomic mass is 35.5. The molecule has 0 bridgehead atoms. The lowest BCUT2D eigenvalue weighted by molar-refractivity contribution is 0.595. The second-order valence-electron chi connectivity index (χ2n) is 4.70. The van der Waals surface area contributed by atoms with Crippen LogP contribution in [0, 0.1) is 19.7 Å². The van der Waals surface area contributed by atoms with E-state index in [0.717, 1.165) is 23.3 Å². The summed E-state index contributed by atoms with van der Waals surface area (Å²) in [4.78, 5) is -0.332. The Hall–Kier alpha value is -1.79. The first-order valence-electron chi connectivity index (χ1n) is 6.05. The molecule has 0 saturated carbocycles. The number of aryl methyl sites for hydroxylation is 2. The van der Waals surface area contributed by atoms with Crippen molar-refractivity contribution >= 4 is 33.0 Å². The average Bonchev–Trinajstić information content (AvgIpc) is 2.38. The van der Waals surface area contributed by atoms with Crippen molar-refractivity contribution in [1.82, 2.24) is 0 Å². The predicted octanol–water partition coefficient (Wildman–Crippen LogP) is 3.48. The quantitative estimate of drug-likeness (QED) is 0.847. The fourth-order valence-electron chi connectivity index (χ4n) is 1.81. The van der Waals surface area contributed by atoms with Gasteiger partial charge in [-0.15, -0.1) is 0 Å². The molecule has 0 aliphatic carbocycles. The first kappa shape index (κ1) is 15.6. The number of sulfonamides is 1. The lowest BCUT2D eigenvalue weighted by Gasteiger charge is -2.13. The summed E-state index contributed by atoms with van der Waals surface area (Å²) in [5.41, 5.74) is 8.16. The molecule has 0 atom stereocenters. The van der Waals surface area contributed by atoms with Crippen molar-refractivity contribution < 1.29 is 12.8 Å². The number of rotatable bonds is 3. The molecule has 112 valence electrons. The lowest BCUT2D eigenvalue weighted by atomic mass is 10.1. The van der Waals surface area contributed by atoms with Crippen LogP contribution in [0.3, 0.4) is 0 Å². The highest BCUT2D eigenvalue weighted by Gasteiger charge is 2.20. The van der Waals surface area contributed by atoms with Crippen LogP contribution >= 0.6 is 11.6 Å². The van der Waals surface area contributed by atoms with Gasteiger partial charge in [-0.25, -0.2) is 12.8 Å². The van der Waals surface area contributed by atoms with E-state index in [1.165, 1.54) is 6.07 Å². The smallest absolute Gasteiger partial charge is 0.263 e. The first-order valence-corrected chi connectivity index (χ1v) is 7.91. The van der Waals surface area contributed by atoms with Crippen LogP contribution in [0.25, 0.3) is 0 Å². The molecule has 7 heteroatoms.